The van der Waals surface area contributed by atoms with Crippen LogP contribution in [-0.2, 0) is 23.5 Å². The second kappa shape index (κ2) is 9.27. The van der Waals surface area contributed by atoms with Gasteiger partial charge in [0.1, 0.15) is 6.04 Å². The first-order valence-electron chi connectivity index (χ1n) is 8.19. The van der Waals surface area contributed by atoms with Gasteiger partial charge in [0.05, 0.1) is 0 Å². The summed E-state index contributed by atoms with van der Waals surface area (Å²) in [5.41, 5.74) is 9.51. The molecule has 1 fully saturated rings. The van der Waals surface area contributed by atoms with Crippen molar-refractivity contribution in [3.8, 4) is 0 Å². The van der Waals surface area contributed by atoms with Crippen molar-refractivity contribution in [1.82, 2.24) is 10.2 Å². The lowest BCUT2D eigenvalue weighted by molar-refractivity contribution is -0.137. The summed E-state index contributed by atoms with van der Waals surface area (Å²) in [6.45, 7) is 7.46. The zero-order valence-electron chi connectivity index (χ0n) is 13.8. The van der Waals surface area contributed by atoms with Crippen LogP contribution in [0.2, 0.25) is 0 Å². The third-order valence-electron chi connectivity index (χ3n) is 4.02. The molecular formula is C17H27N3O2S. The van der Waals surface area contributed by atoms with E-state index in [0.29, 0.717) is 5.75 Å². The molecule has 128 valence electrons. The van der Waals surface area contributed by atoms with Crippen molar-refractivity contribution in [3.63, 3.8) is 0 Å². The lowest BCUT2D eigenvalue weighted by atomic mass is 10.0. The van der Waals surface area contributed by atoms with E-state index in [1.165, 1.54) is 16.7 Å². The van der Waals surface area contributed by atoms with Crippen LogP contribution >= 0.6 is 11.8 Å². The van der Waals surface area contributed by atoms with E-state index in [2.05, 4.69) is 35.3 Å². The van der Waals surface area contributed by atoms with E-state index < -0.39 is 12.0 Å². The molecule has 1 aliphatic rings. The number of carboxylic acid groups (broad SMARTS) is 1. The Hall–Kier alpha value is -1.08. The Balaban J connectivity index is 1.95. The summed E-state index contributed by atoms with van der Waals surface area (Å²) in [7, 11) is 0. The smallest absolute Gasteiger partial charge is 0.321 e. The van der Waals surface area contributed by atoms with Crippen molar-refractivity contribution in [2.75, 3.05) is 31.9 Å². The second-order valence-corrected chi connectivity index (χ2v) is 7.03. The highest BCUT2D eigenvalue weighted by Gasteiger charge is 2.13. The molecule has 0 saturated carbocycles. The van der Waals surface area contributed by atoms with Gasteiger partial charge in [-0.2, -0.15) is 11.8 Å². The van der Waals surface area contributed by atoms with Gasteiger partial charge < -0.3 is 16.2 Å². The molecule has 4 N–H and O–H groups in total. The Bertz CT molecular complexity index is 519. The first-order valence-corrected chi connectivity index (χ1v) is 9.35. The third kappa shape index (κ3) is 6.14. The molecule has 0 bridgehead atoms. The van der Waals surface area contributed by atoms with Crippen LogP contribution in [0.1, 0.15) is 23.6 Å². The van der Waals surface area contributed by atoms with Crippen LogP contribution in [-0.4, -0.2) is 53.9 Å². The summed E-state index contributed by atoms with van der Waals surface area (Å²) >= 11 is 1.59. The van der Waals surface area contributed by atoms with Gasteiger partial charge in [-0.3, -0.25) is 9.69 Å². The Kier molecular flexibility index (Phi) is 7.36. The maximum atomic E-state index is 10.8. The topological polar surface area (TPSA) is 78.6 Å². The Morgan fingerprint density at radius 2 is 1.96 bits per heavy atom. The van der Waals surface area contributed by atoms with Crippen molar-refractivity contribution >= 4 is 17.7 Å². The molecule has 6 heteroatoms. The molecule has 0 unspecified atom stereocenters. The summed E-state index contributed by atoms with van der Waals surface area (Å²) < 4.78 is 0. The van der Waals surface area contributed by atoms with E-state index >= 15 is 0 Å². The fourth-order valence-corrected chi connectivity index (χ4v) is 3.64. The highest BCUT2D eigenvalue weighted by atomic mass is 32.2. The van der Waals surface area contributed by atoms with Gasteiger partial charge in [-0.15, -0.1) is 0 Å². The molecule has 0 radical (unpaired) electrons. The summed E-state index contributed by atoms with van der Waals surface area (Å²) in [5.74, 6) is 0.321. The number of hydrogen-bond acceptors (Lipinski definition) is 5. The van der Waals surface area contributed by atoms with Crippen molar-refractivity contribution in [1.29, 1.82) is 0 Å². The summed E-state index contributed by atoms with van der Waals surface area (Å²) in [5, 5.41) is 12.2. The quantitative estimate of drug-likeness (QED) is 0.664. The first-order chi connectivity index (χ1) is 11.1. The van der Waals surface area contributed by atoms with Gasteiger partial charge >= 0.3 is 5.97 Å². The zero-order chi connectivity index (χ0) is 16.7. The van der Waals surface area contributed by atoms with Crippen molar-refractivity contribution < 1.29 is 9.90 Å². The van der Waals surface area contributed by atoms with Gasteiger partial charge in [0.15, 0.2) is 0 Å². The number of thioether (sulfide) groups is 1. The number of carboxylic acids is 1. The maximum Gasteiger partial charge on any atom is 0.321 e. The summed E-state index contributed by atoms with van der Waals surface area (Å²) in [6, 6.07) is 5.98. The number of nitrogens with two attached hydrogens (primary N) is 1. The van der Waals surface area contributed by atoms with Crippen LogP contribution in [0.25, 0.3) is 0 Å². The molecule has 1 atom stereocenters. The number of rotatable bonds is 8. The highest BCUT2D eigenvalue weighted by molar-refractivity contribution is 7.98. The number of aliphatic carboxylic acids is 1. The largest absolute Gasteiger partial charge is 0.480 e. The van der Waals surface area contributed by atoms with Gasteiger partial charge in [-0.25, -0.2) is 0 Å². The fourth-order valence-electron chi connectivity index (χ4n) is 2.72. The number of nitrogens with one attached hydrogen (secondary N) is 1. The second-order valence-electron chi connectivity index (χ2n) is 6.00. The number of benzene rings is 1. The number of carbonyl (C=O) groups is 1. The monoisotopic (exact) mass is 337 g/mol. The highest BCUT2D eigenvalue weighted by Crippen LogP contribution is 2.19. The molecule has 2 rings (SSSR count). The Morgan fingerprint density at radius 1 is 1.30 bits per heavy atom. The molecule has 1 heterocycles. The lowest BCUT2D eigenvalue weighted by Gasteiger charge is -2.27. The Morgan fingerprint density at radius 3 is 2.61 bits per heavy atom. The normalized spacial score (nSPS) is 17.1. The third-order valence-corrected chi connectivity index (χ3v) is 5.15. The minimum Gasteiger partial charge on any atom is -0.480 e. The van der Waals surface area contributed by atoms with Gasteiger partial charge in [0.25, 0.3) is 0 Å². The van der Waals surface area contributed by atoms with E-state index in [1.54, 1.807) is 11.8 Å². The molecule has 1 aromatic carbocycles. The minimum atomic E-state index is -0.931. The predicted octanol–water partition coefficient (Wildman–Crippen LogP) is 1.30. The van der Waals surface area contributed by atoms with Crippen LogP contribution in [0, 0.1) is 0 Å². The zero-order valence-corrected chi connectivity index (χ0v) is 14.6. The van der Waals surface area contributed by atoms with E-state index in [-0.39, 0.29) is 0 Å². The molecule has 23 heavy (non-hydrogen) atoms. The van der Waals surface area contributed by atoms with Gasteiger partial charge in [0, 0.05) is 44.2 Å². The molecule has 0 aromatic heterocycles. The van der Waals surface area contributed by atoms with Crippen LogP contribution in [0.5, 0.6) is 0 Å². The molecule has 1 aliphatic heterocycles. The molecule has 5 nitrogen and oxygen atoms in total. The van der Waals surface area contributed by atoms with E-state index in [4.69, 9.17) is 10.8 Å². The molecular weight excluding hydrogens is 310 g/mol. The van der Waals surface area contributed by atoms with Gasteiger partial charge in [0.2, 0.25) is 0 Å². The van der Waals surface area contributed by atoms with Crippen LogP contribution in [0.4, 0.5) is 0 Å². The average Bonchev–Trinajstić information content (AvgIpc) is 2.55. The van der Waals surface area contributed by atoms with E-state index in [0.717, 1.165) is 44.9 Å². The van der Waals surface area contributed by atoms with Gasteiger partial charge in [-0.1, -0.05) is 25.1 Å². The van der Waals surface area contributed by atoms with Crippen LogP contribution < -0.4 is 11.1 Å². The molecule has 0 aliphatic carbocycles. The van der Waals surface area contributed by atoms with Crippen molar-refractivity contribution in [2.45, 2.75) is 31.7 Å². The Labute approximate surface area is 142 Å². The summed E-state index contributed by atoms with van der Waals surface area (Å²) in [4.78, 5) is 13.2. The predicted molar refractivity (Wildman–Crippen MR) is 95.7 cm³/mol. The van der Waals surface area contributed by atoms with Gasteiger partial charge in [-0.05, 0) is 23.1 Å². The fraction of sp³-hybridized carbons (Fsp3) is 0.588. The van der Waals surface area contributed by atoms with Crippen molar-refractivity contribution in [2.24, 2.45) is 5.73 Å². The van der Waals surface area contributed by atoms with Crippen LogP contribution in [0.15, 0.2) is 18.2 Å². The van der Waals surface area contributed by atoms with E-state index in [9.17, 15) is 4.79 Å². The molecule has 0 spiro atoms. The van der Waals surface area contributed by atoms with Crippen LogP contribution in [0.3, 0.4) is 0 Å². The number of aryl methyl sites for hydroxylation is 1. The summed E-state index contributed by atoms with van der Waals surface area (Å²) in [6.07, 6.45) is 1.02. The standard InChI is InChI=1S/C17H27N3O2S/c1-2-13-7-14(10-20-5-3-19-4-6-20)9-15(8-13)11-23-12-16(18)17(21)22/h7-9,16,19H,2-6,10-12,18H2,1H3,(H,21,22)/t16-/m0/s1. The maximum absolute atomic E-state index is 10.8. The van der Waals surface area contributed by atoms with Crippen molar-refractivity contribution in [3.05, 3.63) is 34.9 Å². The lowest BCUT2D eigenvalue weighted by Crippen LogP contribution is -2.42. The SMILES string of the molecule is CCc1cc(CSC[C@H](N)C(=O)O)cc(CN2CCNCC2)c1. The average molecular weight is 337 g/mol. The number of nitrogens with zero attached hydrogens (tertiary/aromatic N) is 1. The number of piperazine rings is 1. The first kappa shape index (κ1) is 18.3. The molecule has 1 aromatic rings. The minimum absolute atomic E-state index is 0.443. The van der Waals surface area contributed by atoms with E-state index in [1.807, 2.05) is 0 Å². The molecule has 0 amide bonds. The number of hydrogen-bond donors (Lipinski definition) is 3. The molecule has 1 saturated heterocycles.